The summed E-state index contributed by atoms with van der Waals surface area (Å²) in [4.78, 5) is 16.2. The molecule has 1 atom stereocenters. The number of hydrogen-bond acceptors (Lipinski definition) is 3. The zero-order valence-corrected chi connectivity index (χ0v) is 11.5. The van der Waals surface area contributed by atoms with Gasteiger partial charge in [-0.2, -0.15) is 0 Å². The molecule has 104 valence electrons. The maximum Gasteiger partial charge on any atom is 0.310 e. The molecule has 0 amide bonds. The van der Waals surface area contributed by atoms with E-state index in [0.717, 1.165) is 39.0 Å². The van der Waals surface area contributed by atoms with Gasteiger partial charge < -0.3 is 14.9 Å². The zero-order valence-electron chi connectivity index (χ0n) is 11.5. The Labute approximate surface area is 110 Å². The van der Waals surface area contributed by atoms with Gasteiger partial charge in [-0.1, -0.05) is 6.42 Å². The smallest absolute Gasteiger partial charge is 0.310 e. The summed E-state index contributed by atoms with van der Waals surface area (Å²) in [5, 5.41) is 9.30. The van der Waals surface area contributed by atoms with E-state index < -0.39 is 11.4 Å². The molecule has 0 radical (unpaired) electrons. The monoisotopic (exact) mass is 254 g/mol. The summed E-state index contributed by atoms with van der Waals surface area (Å²) in [6, 6.07) is 0. The first-order valence-corrected chi connectivity index (χ1v) is 7.28. The minimum absolute atomic E-state index is 0.528. The van der Waals surface area contributed by atoms with Crippen molar-refractivity contribution in [3.05, 3.63) is 0 Å². The molecule has 2 rings (SSSR count). The lowest BCUT2D eigenvalue weighted by atomic mass is 9.82. The van der Waals surface area contributed by atoms with Crippen LogP contribution >= 0.6 is 0 Å². The Bertz CT molecular complexity index is 290. The van der Waals surface area contributed by atoms with Gasteiger partial charge in [0.25, 0.3) is 0 Å². The summed E-state index contributed by atoms with van der Waals surface area (Å²) in [5.41, 5.74) is -0.528. The molecule has 0 saturated carbocycles. The first-order chi connectivity index (χ1) is 8.60. The summed E-state index contributed by atoms with van der Waals surface area (Å²) in [5.74, 6) is -0.634. The molecular weight excluding hydrogens is 228 g/mol. The second kappa shape index (κ2) is 6.02. The molecule has 2 aliphatic heterocycles. The average Bonchev–Trinajstić information content (AvgIpc) is 2.38. The van der Waals surface area contributed by atoms with Crippen molar-refractivity contribution >= 4 is 5.97 Å². The van der Waals surface area contributed by atoms with Crippen molar-refractivity contribution in [2.24, 2.45) is 5.41 Å². The molecule has 4 heteroatoms. The van der Waals surface area contributed by atoms with Crippen molar-refractivity contribution in [2.45, 2.75) is 39.0 Å². The third kappa shape index (κ3) is 3.45. The third-order valence-electron chi connectivity index (χ3n) is 4.47. The van der Waals surface area contributed by atoms with Gasteiger partial charge in [-0.25, -0.2) is 0 Å². The molecule has 2 heterocycles. The summed E-state index contributed by atoms with van der Waals surface area (Å²) in [6.45, 7) is 8.27. The summed E-state index contributed by atoms with van der Waals surface area (Å²) >= 11 is 0. The van der Waals surface area contributed by atoms with Crippen LogP contribution < -0.4 is 0 Å². The number of aliphatic carboxylic acids is 1. The normalized spacial score (nSPS) is 31.4. The van der Waals surface area contributed by atoms with Crippen LogP contribution in [0.25, 0.3) is 0 Å². The van der Waals surface area contributed by atoms with E-state index in [1.54, 1.807) is 0 Å². The fourth-order valence-corrected chi connectivity index (χ4v) is 3.18. The van der Waals surface area contributed by atoms with Gasteiger partial charge in [0.05, 0.1) is 5.41 Å². The second-order valence-corrected chi connectivity index (χ2v) is 6.15. The number of nitrogens with zero attached hydrogens (tertiary/aromatic N) is 2. The largest absolute Gasteiger partial charge is 0.481 e. The number of likely N-dealkylation sites (tertiary alicyclic amines) is 2. The minimum Gasteiger partial charge on any atom is -0.481 e. The molecule has 0 bridgehead atoms. The zero-order chi connectivity index (χ0) is 13.0. The van der Waals surface area contributed by atoms with E-state index in [9.17, 15) is 9.90 Å². The highest BCUT2D eigenvalue weighted by atomic mass is 16.4. The molecule has 0 aromatic carbocycles. The van der Waals surface area contributed by atoms with E-state index in [0.29, 0.717) is 0 Å². The number of piperidine rings is 2. The molecule has 0 spiro atoms. The van der Waals surface area contributed by atoms with Gasteiger partial charge in [0.2, 0.25) is 0 Å². The van der Waals surface area contributed by atoms with Gasteiger partial charge in [-0.05, 0) is 52.2 Å². The molecule has 4 nitrogen and oxygen atoms in total. The van der Waals surface area contributed by atoms with E-state index in [2.05, 4.69) is 9.80 Å². The van der Waals surface area contributed by atoms with Gasteiger partial charge in [-0.3, -0.25) is 4.79 Å². The van der Waals surface area contributed by atoms with Crippen LogP contribution in [0.4, 0.5) is 0 Å². The first kappa shape index (κ1) is 13.8. The third-order valence-corrected chi connectivity index (χ3v) is 4.47. The second-order valence-electron chi connectivity index (χ2n) is 6.15. The Balaban J connectivity index is 1.77. The number of carbonyl (C=O) groups is 1. The lowest BCUT2D eigenvalue weighted by Crippen LogP contribution is -2.48. The molecule has 1 unspecified atom stereocenters. The van der Waals surface area contributed by atoms with Crippen molar-refractivity contribution in [3.8, 4) is 0 Å². The lowest BCUT2D eigenvalue weighted by Gasteiger charge is -2.38. The maximum absolute atomic E-state index is 11.3. The number of rotatable bonds is 4. The van der Waals surface area contributed by atoms with Crippen LogP contribution in [-0.2, 0) is 4.79 Å². The summed E-state index contributed by atoms with van der Waals surface area (Å²) in [6.07, 6.45) is 5.86. The number of carboxylic acids is 1. The predicted octanol–water partition coefficient (Wildman–Crippen LogP) is 1.66. The fraction of sp³-hybridized carbons (Fsp3) is 0.929. The van der Waals surface area contributed by atoms with Gasteiger partial charge in [0.15, 0.2) is 0 Å². The Morgan fingerprint density at radius 3 is 2.33 bits per heavy atom. The van der Waals surface area contributed by atoms with Gasteiger partial charge in [0.1, 0.15) is 0 Å². The number of carboxylic acid groups (broad SMARTS) is 1. The van der Waals surface area contributed by atoms with Crippen LogP contribution in [0.2, 0.25) is 0 Å². The summed E-state index contributed by atoms with van der Waals surface area (Å²) < 4.78 is 0. The van der Waals surface area contributed by atoms with E-state index in [4.69, 9.17) is 0 Å². The van der Waals surface area contributed by atoms with Crippen molar-refractivity contribution in [3.63, 3.8) is 0 Å². The summed E-state index contributed by atoms with van der Waals surface area (Å²) in [7, 11) is 0. The van der Waals surface area contributed by atoms with Gasteiger partial charge in [0, 0.05) is 19.6 Å². The van der Waals surface area contributed by atoms with Gasteiger partial charge in [-0.15, -0.1) is 0 Å². The maximum atomic E-state index is 11.3. The van der Waals surface area contributed by atoms with Crippen molar-refractivity contribution in [2.75, 3.05) is 39.3 Å². The van der Waals surface area contributed by atoms with Crippen LogP contribution in [0.3, 0.4) is 0 Å². The van der Waals surface area contributed by atoms with E-state index in [1.807, 2.05) is 6.92 Å². The van der Waals surface area contributed by atoms with E-state index >= 15 is 0 Å². The Kier molecular flexibility index (Phi) is 4.62. The van der Waals surface area contributed by atoms with Crippen molar-refractivity contribution in [1.29, 1.82) is 0 Å². The molecule has 2 saturated heterocycles. The standard InChI is InChI=1S/C14H26N2O2/c1-14(13(17)18)6-5-9-16(12-14)11-10-15-7-3-2-4-8-15/h2-12H2,1H3,(H,17,18). The van der Waals surface area contributed by atoms with Crippen LogP contribution in [0.15, 0.2) is 0 Å². The Morgan fingerprint density at radius 1 is 1.06 bits per heavy atom. The molecule has 18 heavy (non-hydrogen) atoms. The quantitative estimate of drug-likeness (QED) is 0.828. The van der Waals surface area contributed by atoms with Crippen LogP contribution in [0, 0.1) is 5.41 Å². The molecule has 1 N–H and O–H groups in total. The van der Waals surface area contributed by atoms with Crippen molar-refractivity contribution < 1.29 is 9.90 Å². The molecule has 0 aromatic rings. The van der Waals surface area contributed by atoms with E-state index in [-0.39, 0.29) is 0 Å². The minimum atomic E-state index is -0.634. The molecule has 2 fully saturated rings. The molecule has 0 aliphatic carbocycles. The van der Waals surface area contributed by atoms with Crippen LogP contribution in [0.1, 0.15) is 39.0 Å². The lowest BCUT2D eigenvalue weighted by molar-refractivity contribution is -0.151. The highest BCUT2D eigenvalue weighted by molar-refractivity contribution is 5.74. The fourth-order valence-electron chi connectivity index (χ4n) is 3.18. The molecule has 2 aliphatic rings. The predicted molar refractivity (Wildman–Crippen MR) is 71.7 cm³/mol. The Hall–Kier alpha value is -0.610. The first-order valence-electron chi connectivity index (χ1n) is 7.28. The molecule has 0 aromatic heterocycles. The number of hydrogen-bond donors (Lipinski definition) is 1. The topological polar surface area (TPSA) is 43.8 Å². The SMILES string of the molecule is CC1(C(=O)O)CCCN(CCN2CCCCC2)C1. The van der Waals surface area contributed by atoms with Crippen molar-refractivity contribution in [1.82, 2.24) is 9.80 Å². The van der Waals surface area contributed by atoms with Crippen LogP contribution in [0.5, 0.6) is 0 Å². The highest BCUT2D eigenvalue weighted by Gasteiger charge is 2.37. The highest BCUT2D eigenvalue weighted by Crippen LogP contribution is 2.29. The van der Waals surface area contributed by atoms with E-state index in [1.165, 1.54) is 32.4 Å². The van der Waals surface area contributed by atoms with Crippen LogP contribution in [-0.4, -0.2) is 60.1 Å². The van der Waals surface area contributed by atoms with Gasteiger partial charge >= 0.3 is 5.97 Å². The Morgan fingerprint density at radius 2 is 1.67 bits per heavy atom. The average molecular weight is 254 g/mol. The molecular formula is C14H26N2O2.